The Labute approximate surface area is 102 Å². The molecule has 0 radical (unpaired) electrons. The molecule has 2 rings (SSSR count). The van der Waals surface area contributed by atoms with Crippen LogP contribution in [-0.2, 0) is 9.53 Å². The maximum atomic E-state index is 11.6. The van der Waals surface area contributed by atoms with Crippen LogP contribution in [0.2, 0.25) is 0 Å². The lowest BCUT2D eigenvalue weighted by Crippen LogP contribution is -2.41. The average Bonchev–Trinajstić information content (AvgIpc) is 2.34. The largest absolute Gasteiger partial charge is 0.462 e. The van der Waals surface area contributed by atoms with Crippen molar-refractivity contribution in [3.8, 4) is 0 Å². The first-order valence-electron chi connectivity index (χ1n) is 5.07. The third-order valence-corrected chi connectivity index (χ3v) is 3.88. The number of hydrogen-bond donors (Lipinski definition) is 0. The lowest BCUT2D eigenvalue weighted by molar-refractivity contribution is -0.126. The number of halogens is 1. The van der Waals surface area contributed by atoms with Crippen LogP contribution in [0.5, 0.6) is 0 Å². The normalized spacial score (nSPS) is 23.7. The minimum Gasteiger partial charge on any atom is -0.462 e. The lowest BCUT2D eigenvalue weighted by atomic mass is 9.84. The number of ketones is 1. The molecule has 1 aliphatic carbocycles. The Hall–Kier alpha value is -1.16. The highest BCUT2D eigenvalue weighted by atomic mass is 79.9. The van der Waals surface area contributed by atoms with Gasteiger partial charge in [-0.3, -0.25) is 4.79 Å². The zero-order chi connectivity index (χ0) is 11.5. The highest BCUT2D eigenvalue weighted by Gasteiger charge is 2.38. The fourth-order valence-electron chi connectivity index (χ4n) is 1.56. The number of carbonyl (C=O) groups excluding carboxylic acids is 2. The summed E-state index contributed by atoms with van der Waals surface area (Å²) in [5.74, 6) is -0.0272. The summed E-state index contributed by atoms with van der Waals surface area (Å²) in [5.41, 5.74) is 0.541. The minimum absolute atomic E-state index is 0.125. The van der Waals surface area contributed by atoms with Crippen molar-refractivity contribution in [2.45, 2.75) is 11.2 Å². The summed E-state index contributed by atoms with van der Waals surface area (Å²) < 4.78 is 5.13. The van der Waals surface area contributed by atoms with Gasteiger partial charge >= 0.3 is 5.97 Å². The van der Waals surface area contributed by atoms with E-state index in [-0.39, 0.29) is 22.5 Å². The number of rotatable bonds is 3. The molecule has 0 N–H and O–H groups in total. The van der Waals surface area contributed by atoms with Crippen LogP contribution in [0.15, 0.2) is 30.3 Å². The second-order valence-corrected chi connectivity index (χ2v) is 4.78. The first kappa shape index (κ1) is 11.3. The van der Waals surface area contributed by atoms with E-state index in [9.17, 15) is 9.59 Å². The van der Waals surface area contributed by atoms with Crippen molar-refractivity contribution in [3.05, 3.63) is 35.9 Å². The standard InChI is InChI=1S/C12H11BrO3/c13-11-9(6-10(11)14)7-16-12(15)8-4-2-1-3-5-8/h1-5,9,11H,6-7H2. The van der Waals surface area contributed by atoms with E-state index < -0.39 is 0 Å². The Morgan fingerprint density at radius 2 is 2.06 bits per heavy atom. The summed E-state index contributed by atoms with van der Waals surface area (Å²) in [7, 11) is 0. The molecule has 0 aliphatic heterocycles. The zero-order valence-corrected chi connectivity index (χ0v) is 10.1. The van der Waals surface area contributed by atoms with Crippen LogP contribution in [0.3, 0.4) is 0 Å². The molecular formula is C12H11BrO3. The summed E-state index contributed by atoms with van der Waals surface area (Å²) >= 11 is 3.26. The monoisotopic (exact) mass is 282 g/mol. The Bertz CT molecular complexity index is 402. The molecular weight excluding hydrogens is 272 g/mol. The minimum atomic E-state index is -0.334. The molecule has 84 valence electrons. The predicted molar refractivity (Wildman–Crippen MR) is 62.6 cm³/mol. The summed E-state index contributed by atoms with van der Waals surface area (Å²) in [6.45, 7) is 0.301. The predicted octanol–water partition coefficient (Wildman–Crippen LogP) is 2.20. The Morgan fingerprint density at radius 3 is 2.62 bits per heavy atom. The van der Waals surface area contributed by atoms with Gasteiger partial charge in [-0.25, -0.2) is 4.79 Å². The van der Waals surface area contributed by atoms with E-state index in [2.05, 4.69) is 15.9 Å². The lowest BCUT2D eigenvalue weighted by Gasteiger charge is -2.29. The van der Waals surface area contributed by atoms with E-state index in [1.54, 1.807) is 24.3 Å². The quantitative estimate of drug-likeness (QED) is 0.631. The molecule has 1 saturated carbocycles. The molecule has 0 aromatic heterocycles. The van der Waals surface area contributed by atoms with E-state index in [4.69, 9.17) is 4.74 Å². The second kappa shape index (κ2) is 4.78. The van der Waals surface area contributed by atoms with Gasteiger partial charge in [0, 0.05) is 12.3 Å². The van der Waals surface area contributed by atoms with Gasteiger partial charge in [0.05, 0.1) is 17.0 Å². The molecule has 0 saturated heterocycles. The highest BCUT2D eigenvalue weighted by molar-refractivity contribution is 9.10. The third-order valence-electron chi connectivity index (χ3n) is 2.62. The number of esters is 1. The van der Waals surface area contributed by atoms with Crippen molar-refractivity contribution in [1.29, 1.82) is 0 Å². The van der Waals surface area contributed by atoms with Crippen LogP contribution in [-0.4, -0.2) is 23.2 Å². The average molecular weight is 283 g/mol. The van der Waals surface area contributed by atoms with Crippen LogP contribution in [0.4, 0.5) is 0 Å². The first-order valence-corrected chi connectivity index (χ1v) is 5.99. The molecule has 1 fully saturated rings. The Kier molecular flexibility index (Phi) is 3.39. The second-order valence-electron chi connectivity index (χ2n) is 3.80. The van der Waals surface area contributed by atoms with Gasteiger partial charge in [0.15, 0.2) is 0 Å². The number of alkyl halides is 1. The molecule has 16 heavy (non-hydrogen) atoms. The number of hydrogen-bond acceptors (Lipinski definition) is 3. The van der Waals surface area contributed by atoms with Gasteiger partial charge < -0.3 is 4.74 Å². The van der Waals surface area contributed by atoms with Crippen molar-refractivity contribution in [2.75, 3.05) is 6.61 Å². The molecule has 4 heteroatoms. The summed E-state index contributed by atoms with van der Waals surface area (Å²) in [6.07, 6.45) is 0.498. The van der Waals surface area contributed by atoms with Gasteiger partial charge in [-0.2, -0.15) is 0 Å². The van der Waals surface area contributed by atoms with Gasteiger partial charge in [0.2, 0.25) is 0 Å². The van der Waals surface area contributed by atoms with E-state index in [1.807, 2.05) is 6.07 Å². The molecule has 1 aromatic rings. The maximum absolute atomic E-state index is 11.6. The summed E-state index contributed by atoms with van der Waals surface area (Å²) in [5, 5.41) is 0. The molecule has 1 aliphatic rings. The Morgan fingerprint density at radius 1 is 1.38 bits per heavy atom. The fraction of sp³-hybridized carbons (Fsp3) is 0.333. The maximum Gasteiger partial charge on any atom is 0.338 e. The van der Waals surface area contributed by atoms with Gasteiger partial charge in [-0.15, -0.1) is 0 Å². The first-order chi connectivity index (χ1) is 7.68. The molecule has 0 amide bonds. The number of Topliss-reactive ketones (excluding diaryl/α,β-unsaturated/α-hetero) is 1. The third kappa shape index (κ3) is 2.32. The summed E-state index contributed by atoms with van der Waals surface area (Å²) in [6, 6.07) is 8.84. The van der Waals surface area contributed by atoms with Gasteiger partial charge in [0.25, 0.3) is 0 Å². The molecule has 3 nitrogen and oxygen atoms in total. The molecule has 0 bridgehead atoms. The number of carbonyl (C=O) groups is 2. The summed E-state index contributed by atoms with van der Waals surface area (Å²) in [4.78, 5) is 22.4. The topological polar surface area (TPSA) is 43.4 Å². The van der Waals surface area contributed by atoms with E-state index in [0.717, 1.165) is 0 Å². The van der Waals surface area contributed by atoms with Crippen LogP contribution in [0.1, 0.15) is 16.8 Å². The van der Waals surface area contributed by atoms with Crippen LogP contribution < -0.4 is 0 Å². The van der Waals surface area contributed by atoms with Gasteiger partial charge in [-0.05, 0) is 12.1 Å². The van der Waals surface area contributed by atoms with Crippen LogP contribution in [0.25, 0.3) is 0 Å². The molecule has 1 aromatic carbocycles. The van der Waals surface area contributed by atoms with Gasteiger partial charge in [-0.1, -0.05) is 34.1 Å². The van der Waals surface area contributed by atoms with Crippen molar-refractivity contribution < 1.29 is 14.3 Å². The molecule has 0 heterocycles. The fourth-order valence-corrected chi connectivity index (χ4v) is 2.09. The SMILES string of the molecule is O=C(OCC1CC(=O)C1Br)c1ccccc1. The highest BCUT2D eigenvalue weighted by Crippen LogP contribution is 2.30. The van der Waals surface area contributed by atoms with Crippen molar-refractivity contribution in [1.82, 2.24) is 0 Å². The van der Waals surface area contributed by atoms with Crippen molar-refractivity contribution in [3.63, 3.8) is 0 Å². The molecule has 0 spiro atoms. The van der Waals surface area contributed by atoms with Crippen molar-refractivity contribution >= 4 is 27.7 Å². The number of benzene rings is 1. The number of ether oxygens (including phenoxy) is 1. The van der Waals surface area contributed by atoms with E-state index in [0.29, 0.717) is 18.6 Å². The Balaban J connectivity index is 1.83. The van der Waals surface area contributed by atoms with Crippen LogP contribution >= 0.6 is 15.9 Å². The van der Waals surface area contributed by atoms with Crippen molar-refractivity contribution in [2.24, 2.45) is 5.92 Å². The van der Waals surface area contributed by atoms with Crippen LogP contribution in [0, 0.1) is 5.92 Å². The van der Waals surface area contributed by atoms with E-state index >= 15 is 0 Å². The van der Waals surface area contributed by atoms with E-state index in [1.165, 1.54) is 0 Å². The molecule has 2 unspecified atom stereocenters. The smallest absolute Gasteiger partial charge is 0.338 e. The van der Waals surface area contributed by atoms with Gasteiger partial charge in [0.1, 0.15) is 5.78 Å². The zero-order valence-electron chi connectivity index (χ0n) is 8.56. The molecule has 2 atom stereocenters.